The van der Waals surface area contributed by atoms with Gasteiger partial charge in [0.25, 0.3) is 5.95 Å². The molecule has 0 radical (unpaired) electrons. The number of fused-ring (bicyclic) bond motifs is 1. The van der Waals surface area contributed by atoms with E-state index >= 15 is 0 Å². The Bertz CT molecular complexity index is 981. The first-order chi connectivity index (χ1) is 12.4. The molecular weight excluding hydrogens is 324 g/mol. The van der Waals surface area contributed by atoms with E-state index in [2.05, 4.69) is 46.3 Å². The van der Waals surface area contributed by atoms with E-state index in [4.69, 9.17) is 0 Å². The second-order valence-electron chi connectivity index (χ2n) is 7.21. The molecule has 1 aliphatic carbocycles. The highest BCUT2D eigenvalue weighted by Gasteiger charge is 2.32. The highest BCUT2D eigenvalue weighted by Crippen LogP contribution is 2.35. The van der Waals surface area contributed by atoms with Gasteiger partial charge in [0.2, 0.25) is 0 Å². The van der Waals surface area contributed by atoms with Crippen LogP contribution in [0.2, 0.25) is 0 Å². The second-order valence-corrected chi connectivity index (χ2v) is 7.21. The molecule has 5 heteroatoms. The van der Waals surface area contributed by atoms with Crippen LogP contribution in [0.3, 0.4) is 0 Å². The molecule has 5 nitrogen and oxygen atoms in total. The van der Waals surface area contributed by atoms with Crippen LogP contribution in [-0.2, 0) is 6.42 Å². The lowest BCUT2D eigenvalue weighted by atomic mass is 9.81. The summed E-state index contributed by atoms with van der Waals surface area (Å²) >= 11 is 0. The van der Waals surface area contributed by atoms with Crippen molar-refractivity contribution < 1.29 is 4.79 Å². The van der Waals surface area contributed by atoms with Crippen LogP contribution < -0.4 is 0 Å². The molecule has 2 aromatic heterocycles. The van der Waals surface area contributed by atoms with Crippen molar-refractivity contribution in [3.8, 4) is 5.95 Å². The molecule has 0 aliphatic heterocycles. The number of benzene rings is 1. The summed E-state index contributed by atoms with van der Waals surface area (Å²) in [5.74, 6) is 0.866. The summed E-state index contributed by atoms with van der Waals surface area (Å²) < 4.78 is 1.77. The first-order valence-electron chi connectivity index (χ1n) is 8.93. The third kappa shape index (κ3) is 2.83. The minimum atomic E-state index is 0.157. The zero-order valence-corrected chi connectivity index (χ0v) is 15.6. The summed E-state index contributed by atoms with van der Waals surface area (Å²) in [6, 6.07) is 10.4. The Balaban J connectivity index is 1.81. The van der Waals surface area contributed by atoms with Crippen molar-refractivity contribution in [2.75, 3.05) is 0 Å². The molecule has 0 saturated heterocycles. The summed E-state index contributed by atoms with van der Waals surface area (Å²) in [7, 11) is 0. The average molecular weight is 346 g/mol. The van der Waals surface area contributed by atoms with Gasteiger partial charge in [-0.15, -0.1) is 0 Å². The minimum absolute atomic E-state index is 0.157. The molecule has 0 bridgehead atoms. The van der Waals surface area contributed by atoms with Crippen LogP contribution in [0.4, 0.5) is 0 Å². The van der Waals surface area contributed by atoms with Gasteiger partial charge in [-0.2, -0.15) is 5.10 Å². The third-order valence-corrected chi connectivity index (χ3v) is 5.02. The number of ketones is 1. The molecule has 0 N–H and O–H groups in total. The number of Topliss-reactive ketones (excluding diaryl/α,β-unsaturated/α-hetero) is 1. The maximum atomic E-state index is 12.8. The fraction of sp³-hybridized carbons (Fsp3) is 0.333. The van der Waals surface area contributed by atoms with Gasteiger partial charge in [0.05, 0.1) is 17.0 Å². The molecule has 26 heavy (non-hydrogen) atoms. The van der Waals surface area contributed by atoms with Crippen LogP contribution in [-0.4, -0.2) is 25.5 Å². The van der Waals surface area contributed by atoms with Crippen LogP contribution in [0.1, 0.15) is 56.6 Å². The van der Waals surface area contributed by atoms with E-state index in [1.54, 1.807) is 4.68 Å². The van der Waals surface area contributed by atoms with Crippen molar-refractivity contribution in [1.82, 2.24) is 19.7 Å². The number of hydrogen-bond donors (Lipinski definition) is 0. The van der Waals surface area contributed by atoms with Crippen LogP contribution in [0.15, 0.2) is 30.3 Å². The Kier molecular flexibility index (Phi) is 3.94. The fourth-order valence-electron chi connectivity index (χ4n) is 3.80. The van der Waals surface area contributed by atoms with Crippen molar-refractivity contribution in [3.63, 3.8) is 0 Å². The number of carbonyl (C=O) groups excluding carboxylic acids is 1. The van der Waals surface area contributed by atoms with Gasteiger partial charge in [0.15, 0.2) is 5.78 Å². The first-order valence-corrected chi connectivity index (χ1v) is 8.93. The molecule has 1 unspecified atom stereocenters. The van der Waals surface area contributed by atoms with E-state index in [0.717, 1.165) is 34.8 Å². The van der Waals surface area contributed by atoms with Crippen LogP contribution in [0.5, 0.6) is 0 Å². The number of nitrogens with zero attached hydrogens (tertiary/aromatic N) is 4. The number of aryl methyl sites for hydroxylation is 4. The number of carbonyl (C=O) groups is 1. The molecule has 1 atom stereocenters. The van der Waals surface area contributed by atoms with Crippen LogP contribution in [0, 0.1) is 27.7 Å². The molecule has 0 saturated carbocycles. The van der Waals surface area contributed by atoms with Gasteiger partial charge in [-0.3, -0.25) is 4.79 Å². The number of rotatable bonds is 2. The van der Waals surface area contributed by atoms with Crippen LogP contribution >= 0.6 is 0 Å². The summed E-state index contributed by atoms with van der Waals surface area (Å²) in [5.41, 5.74) is 6.64. The van der Waals surface area contributed by atoms with Gasteiger partial charge >= 0.3 is 0 Å². The zero-order valence-electron chi connectivity index (χ0n) is 15.6. The summed E-state index contributed by atoms with van der Waals surface area (Å²) in [6.45, 7) is 7.86. The largest absolute Gasteiger partial charge is 0.294 e. The van der Waals surface area contributed by atoms with E-state index in [1.807, 2.05) is 26.8 Å². The Morgan fingerprint density at radius 2 is 1.62 bits per heavy atom. The molecule has 1 aromatic carbocycles. The fourth-order valence-corrected chi connectivity index (χ4v) is 3.80. The first kappa shape index (κ1) is 16.6. The quantitative estimate of drug-likeness (QED) is 0.708. The Hall–Kier alpha value is -2.82. The predicted molar refractivity (Wildman–Crippen MR) is 99.9 cm³/mol. The maximum absolute atomic E-state index is 12.8. The number of hydrogen-bond acceptors (Lipinski definition) is 4. The van der Waals surface area contributed by atoms with E-state index < -0.39 is 0 Å². The zero-order chi connectivity index (χ0) is 18.4. The van der Waals surface area contributed by atoms with Crippen molar-refractivity contribution in [3.05, 3.63) is 69.8 Å². The van der Waals surface area contributed by atoms with Crippen molar-refractivity contribution in [2.24, 2.45) is 0 Å². The standard InChI is InChI=1S/C21H22N4O/c1-12-5-7-16(8-6-12)17-10-18-20(19(26)11-17)15(4)24-25(18)21-22-13(2)9-14(3)23-21/h5-9,17H,10-11H2,1-4H3. The van der Waals surface area contributed by atoms with Gasteiger partial charge < -0.3 is 0 Å². The van der Waals surface area contributed by atoms with Gasteiger partial charge in [-0.05, 0) is 51.7 Å². The van der Waals surface area contributed by atoms with Gasteiger partial charge in [-0.1, -0.05) is 29.8 Å². The van der Waals surface area contributed by atoms with E-state index in [1.165, 1.54) is 11.1 Å². The van der Waals surface area contributed by atoms with E-state index in [9.17, 15) is 4.79 Å². The predicted octanol–water partition coefficient (Wildman–Crippen LogP) is 3.81. The Morgan fingerprint density at radius 1 is 0.962 bits per heavy atom. The summed E-state index contributed by atoms with van der Waals surface area (Å²) in [4.78, 5) is 21.9. The van der Waals surface area contributed by atoms with Gasteiger partial charge in [0, 0.05) is 17.8 Å². The monoisotopic (exact) mass is 346 g/mol. The summed E-state index contributed by atoms with van der Waals surface area (Å²) in [6.07, 6.45) is 1.29. The normalized spacial score (nSPS) is 16.6. The average Bonchev–Trinajstić information content (AvgIpc) is 2.92. The summed E-state index contributed by atoms with van der Waals surface area (Å²) in [5, 5.41) is 4.61. The molecule has 0 amide bonds. The van der Waals surface area contributed by atoms with Crippen molar-refractivity contribution in [1.29, 1.82) is 0 Å². The van der Waals surface area contributed by atoms with Gasteiger partial charge in [0.1, 0.15) is 0 Å². The third-order valence-electron chi connectivity index (χ3n) is 5.02. The molecule has 132 valence electrons. The molecule has 3 aromatic rings. The molecule has 0 fully saturated rings. The lowest BCUT2D eigenvalue weighted by molar-refractivity contribution is 0.0963. The van der Waals surface area contributed by atoms with Crippen molar-refractivity contribution >= 4 is 5.78 Å². The van der Waals surface area contributed by atoms with E-state index in [0.29, 0.717) is 12.4 Å². The lowest BCUT2D eigenvalue weighted by Gasteiger charge is -2.23. The lowest BCUT2D eigenvalue weighted by Crippen LogP contribution is -2.21. The Morgan fingerprint density at radius 3 is 2.27 bits per heavy atom. The topological polar surface area (TPSA) is 60.7 Å². The molecular formula is C21H22N4O. The van der Waals surface area contributed by atoms with E-state index in [-0.39, 0.29) is 11.7 Å². The Labute approximate surface area is 153 Å². The molecule has 4 rings (SSSR count). The molecule has 0 spiro atoms. The molecule has 2 heterocycles. The molecule has 1 aliphatic rings. The SMILES string of the molecule is Cc1ccc(C2CC(=O)c3c(C)nn(-c4nc(C)cc(C)n4)c3C2)cc1. The second kappa shape index (κ2) is 6.16. The highest BCUT2D eigenvalue weighted by molar-refractivity contribution is 6.00. The highest BCUT2D eigenvalue weighted by atomic mass is 16.1. The van der Waals surface area contributed by atoms with Crippen molar-refractivity contribution in [2.45, 2.75) is 46.5 Å². The maximum Gasteiger partial charge on any atom is 0.251 e. The minimum Gasteiger partial charge on any atom is -0.294 e. The smallest absolute Gasteiger partial charge is 0.251 e. The van der Waals surface area contributed by atoms with Gasteiger partial charge in [-0.25, -0.2) is 14.6 Å². The van der Waals surface area contributed by atoms with Crippen LogP contribution in [0.25, 0.3) is 5.95 Å². The number of aromatic nitrogens is 4.